The number of hydrogen-bond acceptors (Lipinski definition) is 0. The molecule has 4 unspecified atom stereocenters. The second-order valence-electron chi connectivity index (χ2n) is 48.8. The SMILES string of the molecule is C1CCCCC(C2CCC(PC3(C4CCCCCCCC4)CCC(C4CCCCCCCC4)C(C4CCCCCCCC4)(C4CCCCCCCC4)C3(C3CCCCCCCC3)C3CCCCCCCC3)(C3CCCCCCCC3)C(C3CCCCCCCC3)(C3CCCCCCCC3)C2(C2CCCCCCCC2)C2CCCCCCCC2)CCC1. The fraction of sp³-hybridized carbons (Fsp3) is 1.00. The Bertz CT molecular complexity index is 2290. The highest BCUT2D eigenvalue weighted by Crippen LogP contribution is 2.89. The smallest absolute Gasteiger partial charge is 0.00210 e. The topological polar surface area (TPSA) is 0 Å². The summed E-state index contributed by atoms with van der Waals surface area (Å²) in [5.41, 5.74) is 1.65. The van der Waals surface area contributed by atoms with Crippen LogP contribution in [0.3, 0.4) is 0 Å². The molecule has 14 aliphatic carbocycles. The Morgan fingerprint density at radius 1 is 0.116 bits per heavy atom. The van der Waals surface area contributed by atoms with Crippen molar-refractivity contribution < 1.29 is 0 Å². The molecule has 0 aromatic heterocycles. The van der Waals surface area contributed by atoms with Gasteiger partial charge in [-0.25, -0.2) is 0 Å². The van der Waals surface area contributed by atoms with Crippen molar-refractivity contribution in [3.8, 4) is 0 Å². The Morgan fingerprint density at radius 2 is 0.240 bits per heavy atom. The third-order valence-electron chi connectivity index (χ3n) is 42.4. The molecule has 0 radical (unpaired) electrons. The molecule has 0 aromatic rings. The lowest BCUT2D eigenvalue weighted by molar-refractivity contribution is -0.267. The van der Waals surface area contributed by atoms with Crippen molar-refractivity contribution in [1.82, 2.24) is 0 Å². The van der Waals surface area contributed by atoms with Gasteiger partial charge >= 0.3 is 0 Å². The molecule has 0 aromatic carbocycles. The molecule has 1 heteroatoms. The largest absolute Gasteiger partial charge is 0.107 e. The first-order chi connectivity index (χ1) is 60.2. The van der Waals surface area contributed by atoms with Crippen LogP contribution in [0.25, 0.3) is 0 Å². The predicted molar refractivity (Wildman–Crippen MR) is 534 cm³/mol. The molecule has 0 nitrogen and oxygen atoms in total. The maximum absolute atomic E-state index is 1.76. The molecule has 14 rings (SSSR count). The maximum atomic E-state index is 1.76. The average Bonchev–Trinajstić information content (AvgIpc) is 0.831. The molecule has 14 aliphatic rings. The summed E-state index contributed by atoms with van der Waals surface area (Å²) < 4.78 is 0. The molecule has 121 heavy (non-hydrogen) atoms. The van der Waals surface area contributed by atoms with Gasteiger partial charge in [0.25, 0.3) is 0 Å². The summed E-state index contributed by atoms with van der Waals surface area (Å²) in [6.45, 7) is 0. The standard InChI is InChI=1S/C120H215P/c1-2-26-50-74-101(73-49-25-1)113-97-99-115(103-77-53-29-5-6-30-54-78-103,119(109-89-65-41-17-18-42-66-90-109,110-91-67-43-19-20-44-68-92-110)117(113,105-81-57-33-9-10-34-58-82-105)106-83-59-35-11-12-36-60-84-106)121-116(104-79-55-31-7-8-32-56-80-104)100-98-114(102-75-51-27-3-4-28-52-76-102)118(107-85-61-37-13-14-38-62-86-107,108-87-63-39-15-16-40-64-88-108)120(116,111-93-69-45-21-22-46-70-94-111)112-95-71-47-23-24-48-72-96-112/h101-114,121H,1-100H2. The van der Waals surface area contributed by atoms with E-state index in [0.29, 0.717) is 32.0 Å². The molecule has 0 bridgehead atoms. The number of hydrogen-bond donors (Lipinski definition) is 0. The van der Waals surface area contributed by atoms with Gasteiger partial charge in [-0.15, -0.1) is 8.58 Å². The summed E-state index contributed by atoms with van der Waals surface area (Å²) in [5, 5.41) is 0.795. The van der Waals surface area contributed by atoms with Crippen LogP contribution >= 0.6 is 8.58 Å². The van der Waals surface area contributed by atoms with Crippen LogP contribution in [-0.4, -0.2) is 10.3 Å². The van der Waals surface area contributed by atoms with Crippen LogP contribution in [0.15, 0.2) is 0 Å². The van der Waals surface area contributed by atoms with Crippen LogP contribution in [0, 0.1) is 105 Å². The van der Waals surface area contributed by atoms with Crippen LogP contribution in [0.1, 0.15) is 642 Å². The van der Waals surface area contributed by atoms with Crippen molar-refractivity contribution in [2.45, 2.75) is 652 Å². The summed E-state index contributed by atoms with van der Waals surface area (Å²) in [6, 6.07) is 0. The van der Waals surface area contributed by atoms with Crippen molar-refractivity contribution >= 4 is 8.58 Å². The Kier molecular flexibility index (Phi) is 43.0. The van der Waals surface area contributed by atoms with Gasteiger partial charge in [0.2, 0.25) is 0 Å². The molecule has 0 aliphatic heterocycles. The van der Waals surface area contributed by atoms with Gasteiger partial charge in [-0.2, -0.15) is 0 Å². The van der Waals surface area contributed by atoms with E-state index in [2.05, 4.69) is 0 Å². The molecular weight excluding hydrogens is 1470 g/mol. The summed E-state index contributed by atoms with van der Waals surface area (Å²) in [7, 11) is 1.26. The average molecular weight is 1690 g/mol. The van der Waals surface area contributed by atoms with Crippen molar-refractivity contribution in [3.05, 3.63) is 0 Å². The van der Waals surface area contributed by atoms with E-state index in [4.69, 9.17) is 0 Å². The van der Waals surface area contributed by atoms with E-state index in [-0.39, 0.29) is 0 Å². The molecule has 0 heterocycles. The summed E-state index contributed by atoms with van der Waals surface area (Å²) in [4.78, 5) is 0. The van der Waals surface area contributed by atoms with Gasteiger partial charge in [-0.3, -0.25) is 0 Å². The minimum absolute atomic E-state index is 0.395. The highest BCUT2D eigenvalue weighted by molar-refractivity contribution is 7.42. The van der Waals surface area contributed by atoms with Gasteiger partial charge < -0.3 is 0 Å². The lowest BCUT2D eigenvalue weighted by atomic mass is 9.29. The molecule has 0 N–H and O–H groups in total. The van der Waals surface area contributed by atoms with E-state index in [0.717, 1.165) is 82.9 Å². The van der Waals surface area contributed by atoms with E-state index in [1.54, 1.807) is 642 Å². The molecule has 700 valence electrons. The van der Waals surface area contributed by atoms with Crippen molar-refractivity contribution in [2.24, 2.45) is 105 Å². The van der Waals surface area contributed by atoms with E-state index in [9.17, 15) is 0 Å². The van der Waals surface area contributed by atoms with Crippen LogP contribution in [0.4, 0.5) is 0 Å². The highest BCUT2D eigenvalue weighted by Gasteiger charge is 2.82. The molecular formula is C120H215P. The Morgan fingerprint density at radius 3 is 0.397 bits per heavy atom. The second kappa shape index (κ2) is 53.4. The van der Waals surface area contributed by atoms with Gasteiger partial charge in [0, 0.05) is 0 Å². The fourth-order valence-corrected chi connectivity index (χ4v) is 42.2. The summed E-state index contributed by atoms with van der Waals surface area (Å²) in [6.07, 6.45) is 161. The Balaban J connectivity index is 1.24. The van der Waals surface area contributed by atoms with Gasteiger partial charge in [-0.05, 0) is 269 Å². The summed E-state index contributed by atoms with van der Waals surface area (Å²) >= 11 is 0. The zero-order valence-electron chi connectivity index (χ0n) is 82.3. The number of rotatable bonds is 14. The van der Waals surface area contributed by atoms with Crippen molar-refractivity contribution in [3.63, 3.8) is 0 Å². The minimum atomic E-state index is 0.395. The van der Waals surface area contributed by atoms with Crippen LogP contribution in [0.5, 0.6) is 0 Å². The van der Waals surface area contributed by atoms with Gasteiger partial charge in [0.15, 0.2) is 0 Å². The van der Waals surface area contributed by atoms with E-state index >= 15 is 0 Å². The molecule has 0 saturated heterocycles. The van der Waals surface area contributed by atoms with Crippen molar-refractivity contribution in [2.75, 3.05) is 0 Å². The second-order valence-corrected chi connectivity index (χ2v) is 50.9. The van der Waals surface area contributed by atoms with Gasteiger partial charge in [-0.1, -0.05) is 488 Å². The Hall–Kier alpha value is 0.430. The third-order valence-corrected chi connectivity index (χ3v) is 45.5. The first-order valence-electron chi connectivity index (χ1n) is 60.0. The Labute approximate surface area is 760 Å². The van der Waals surface area contributed by atoms with Gasteiger partial charge in [0.05, 0.1) is 0 Å². The van der Waals surface area contributed by atoms with E-state index in [1.807, 2.05) is 0 Å². The highest BCUT2D eigenvalue weighted by atomic mass is 31.1. The molecule has 0 spiro atoms. The fourth-order valence-electron chi connectivity index (χ4n) is 38.3. The van der Waals surface area contributed by atoms with Crippen LogP contribution in [-0.2, 0) is 0 Å². The minimum Gasteiger partial charge on any atom is -0.107 e. The lowest BCUT2D eigenvalue weighted by Gasteiger charge is -2.82. The van der Waals surface area contributed by atoms with Crippen LogP contribution < -0.4 is 0 Å². The zero-order valence-corrected chi connectivity index (χ0v) is 83.3. The third kappa shape index (κ3) is 23.8. The molecule has 0 amide bonds. The molecule has 14 saturated carbocycles. The predicted octanol–water partition coefficient (Wildman–Crippen LogP) is 40.9. The van der Waals surface area contributed by atoms with Crippen molar-refractivity contribution in [1.29, 1.82) is 0 Å². The van der Waals surface area contributed by atoms with E-state index < -0.39 is 0 Å². The maximum Gasteiger partial charge on any atom is -0.00210 e. The van der Waals surface area contributed by atoms with Gasteiger partial charge in [0.1, 0.15) is 0 Å². The lowest BCUT2D eigenvalue weighted by Crippen LogP contribution is -2.78. The normalized spacial score (nSPS) is 33.5. The zero-order chi connectivity index (χ0) is 82.5. The first kappa shape index (κ1) is 97.5. The van der Waals surface area contributed by atoms with E-state index in [1.165, 1.54) is 8.58 Å². The molecule has 4 atom stereocenters. The van der Waals surface area contributed by atoms with Crippen LogP contribution in [0.2, 0.25) is 0 Å². The quantitative estimate of drug-likeness (QED) is 0.152. The first-order valence-corrected chi connectivity index (χ1v) is 61.0. The molecule has 14 fully saturated rings. The monoisotopic (exact) mass is 1690 g/mol. The summed E-state index contributed by atoms with van der Waals surface area (Å²) in [5.74, 6) is 13.2.